The minimum Gasteiger partial charge on any atom is -0.480 e. The summed E-state index contributed by atoms with van der Waals surface area (Å²) in [6, 6.07) is 38.6. The zero-order valence-electron chi connectivity index (χ0n) is 20.1. The van der Waals surface area contributed by atoms with Gasteiger partial charge in [-0.25, -0.2) is 4.79 Å². The number of amides is 1. The van der Waals surface area contributed by atoms with Gasteiger partial charge in [-0.2, -0.15) is 0 Å². The molecule has 0 radical (unpaired) electrons. The van der Waals surface area contributed by atoms with E-state index in [1.165, 1.54) is 0 Å². The smallest absolute Gasteiger partial charge is 0.326 e. The molecule has 1 aromatic heterocycles. The number of hydrogen-bond donors (Lipinski definition) is 2. The third kappa shape index (κ3) is 4.71. The number of aliphatic carboxylic acids is 1. The number of nitrogens with zero attached hydrogens (tertiary/aromatic N) is 1. The van der Waals surface area contributed by atoms with Crippen molar-refractivity contribution in [2.45, 2.75) is 17.9 Å². The van der Waals surface area contributed by atoms with Crippen LogP contribution in [-0.2, 0) is 21.4 Å². The average Bonchev–Trinajstić information content (AvgIpc) is 2.95. The molecule has 2 N–H and O–H groups in total. The van der Waals surface area contributed by atoms with Gasteiger partial charge in [-0.05, 0) is 28.8 Å². The maximum atomic E-state index is 14.4. The summed E-state index contributed by atoms with van der Waals surface area (Å²) >= 11 is 0. The second-order valence-corrected chi connectivity index (χ2v) is 8.91. The number of carbonyl (C=O) groups is 2. The van der Waals surface area contributed by atoms with Crippen molar-refractivity contribution in [1.82, 2.24) is 10.3 Å². The van der Waals surface area contributed by atoms with Crippen LogP contribution in [-0.4, -0.2) is 28.0 Å². The minimum atomic E-state index is -1.26. The minimum absolute atomic E-state index is 0.0559. The van der Waals surface area contributed by atoms with E-state index < -0.39 is 23.3 Å². The first kappa shape index (κ1) is 23.9. The lowest BCUT2D eigenvalue weighted by molar-refractivity contribution is -0.142. The molecule has 37 heavy (non-hydrogen) atoms. The molecule has 0 saturated heterocycles. The van der Waals surface area contributed by atoms with Crippen LogP contribution in [0.25, 0.3) is 10.9 Å². The molecule has 0 unspecified atom stereocenters. The largest absolute Gasteiger partial charge is 0.480 e. The third-order valence-electron chi connectivity index (χ3n) is 6.63. The van der Waals surface area contributed by atoms with E-state index in [1.54, 1.807) is 0 Å². The number of pyridine rings is 1. The number of hydrogen-bond acceptors (Lipinski definition) is 3. The Labute approximate surface area is 215 Å². The molecule has 0 spiro atoms. The van der Waals surface area contributed by atoms with Crippen molar-refractivity contribution in [3.63, 3.8) is 0 Å². The van der Waals surface area contributed by atoms with Crippen LogP contribution in [0.1, 0.15) is 22.4 Å². The lowest BCUT2D eigenvalue weighted by Gasteiger charge is -2.35. The van der Waals surface area contributed by atoms with Gasteiger partial charge in [0.05, 0.1) is 5.52 Å². The van der Waals surface area contributed by atoms with Crippen molar-refractivity contribution >= 4 is 22.8 Å². The highest BCUT2D eigenvalue weighted by atomic mass is 16.4. The van der Waals surface area contributed by atoms with Crippen LogP contribution < -0.4 is 5.32 Å². The second kappa shape index (κ2) is 10.5. The van der Waals surface area contributed by atoms with E-state index >= 15 is 0 Å². The highest BCUT2D eigenvalue weighted by Gasteiger charge is 2.45. The van der Waals surface area contributed by atoms with Gasteiger partial charge < -0.3 is 10.4 Å². The Bertz CT molecular complexity index is 1420. The number of para-hydroxylation sites is 1. The maximum absolute atomic E-state index is 14.4. The first-order chi connectivity index (χ1) is 18.1. The Balaban J connectivity index is 1.59. The van der Waals surface area contributed by atoms with Crippen molar-refractivity contribution in [3.05, 3.63) is 150 Å². The van der Waals surface area contributed by atoms with Gasteiger partial charge in [-0.3, -0.25) is 9.78 Å². The Morgan fingerprint density at radius 1 is 0.676 bits per heavy atom. The molecule has 5 aromatic rings. The number of carboxylic acids is 1. The van der Waals surface area contributed by atoms with Gasteiger partial charge in [-0.15, -0.1) is 0 Å². The summed E-state index contributed by atoms with van der Waals surface area (Å²) < 4.78 is 0. The van der Waals surface area contributed by atoms with E-state index in [1.807, 2.05) is 127 Å². The van der Waals surface area contributed by atoms with Crippen molar-refractivity contribution in [1.29, 1.82) is 0 Å². The molecule has 5 heteroatoms. The van der Waals surface area contributed by atoms with Crippen molar-refractivity contribution in [2.24, 2.45) is 0 Å². The molecule has 0 aliphatic heterocycles. The zero-order valence-corrected chi connectivity index (χ0v) is 20.1. The van der Waals surface area contributed by atoms with Crippen LogP contribution in [0, 0.1) is 0 Å². The first-order valence-electron chi connectivity index (χ1n) is 12.1. The summed E-state index contributed by atoms with van der Waals surface area (Å²) in [7, 11) is 0. The van der Waals surface area contributed by atoms with Gasteiger partial charge in [0.25, 0.3) is 0 Å². The van der Waals surface area contributed by atoms with E-state index in [9.17, 15) is 14.7 Å². The molecular formula is C32H26N2O3. The summed E-state index contributed by atoms with van der Waals surface area (Å²) in [4.78, 5) is 31.4. The Hall–Kier alpha value is -4.77. The third-order valence-corrected chi connectivity index (χ3v) is 6.63. The number of nitrogens with one attached hydrogen (secondary N) is 1. The number of fused-ring (bicyclic) bond motifs is 1. The quantitative estimate of drug-likeness (QED) is 0.289. The Morgan fingerprint density at radius 2 is 1.16 bits per heavy atom. The fraction of sp³-hybridized carbons (Fsp3) is 0.0938. The first-order valence-corrected chi connectivity index (χ1v) is 12.1. The standard InChI is InChI=1S/C32H26N2O3/c35-30(36)29(22-27-21-20-23-12-10-11-19-28(23)33-27)34-31(37)32(24-13-4-1-5-14-24,25-15-6-2-7-16-25)26-17-8-3-9-18-26/h1-21,29H,22H2,(H,34,37)(H,35,36)/t29-/m0/s1. The van der Waals surface area contributed by atoms with Crippen molar-refractivity contribution in [3.8, 4) is 0 Å². The normalized spacial score (nSPS) is 12.1. The molecule has 1 atom stereocenters. The van der Waals surface area contributed by atoms with E-state index in [0.717, 1.165) is 27.6 Å². The van der Waals surface area contributed by atoms with Crippen LogP contribution in [0.4, 0.5) is 0 Å². The topological polar surface area (TPSA) is 79.3 Å². The van der Waals surface area contributed by atoms with E-state index in [-0.39, 0.29) is 6.42 Å². The van der Waals surface area contributed by atoms with Crippen LogP contribution >= 0.6 is 0 Å². The number of aromatic nitrogens is 1. The molecule has 0 bridgehead atoms. The van der Waals surface area contributed by atoms with Gasteiger partial charge in [0.15, 0.2) is 0 Å². The second-order valence-electron chi connectivity index (χ2n) is 8.91. The lowest BCUT2D eigenvalue weighted by atomic mass is 9.68. The molecule has 5 nitrogen and oxygen atoms in total. The summed E-state index contributed by atoms with van der Waals surface area (Å²) in [5.41, 5.74) is 2.36. The molecule has 4 aromatic carbocycles. The summed E-state index contributed by atoms with van der Waals surface area (Å²) in [5, 5.41) is 14.0. The van der Waals surface area contributed by atoms with Crippen molar-refractivity contribution in [2.75, 3.05) is 0 Å². The SMILES string of the molecule is O=C(O)[C@H](Cc1ccc2ccccc2n1)NC(=O)C(c1ccccc1)(c1ccccc1)c1ccccc1. The predicted octanol–water partition coefficient (Wildman–Crippen LogP) is 5.38. The molecule has 0 aliphatic carbocycles. The van der Waals surface area contributed by atoms with E-state index in [4.69, 9.17) is 0 Å². The number of rotatable bonds is 8. The van der Waals surface area contributed by atoms with Gasteiger partial charge in [0.2, 0.25) is 5.91 Å². The van der Waals surface area contributed by atoms with Gasteiger partial charge in [0.1, 0.15) is 11.5 Å². The lowest BCUT2D eigenvalue weighted by Crippen LogP contribution is -2.52. The fourth-order valence-electron chi connectivity index (χ4n) is 4.86. The highest BCUT2D eigenvalue weighted by Crippen LogP contribution is 2.39. The number of carbonyl (C=O) groups excluding carboxylic acids is 1. The molecule has 5 rings (SSSR count). The van der Waals surface area contributed by atoms with Gasteiger partial charge >= 0.3 is 5.97 Å². The van der Waals surface area contributed by atoms with E-state index in [2.05, 4.69) is 10.3 Å². The Morgan fingerprint density at radius 3 is 1.68 bits per heavy atom. The Kier molecular flexibility index (Phi) is 6.77. The van der Waals surface area contributed by atoms with Gasteiger partial charge in [0, 0.05) is 17.5 Å². The predicted molar refractivity (Wildman–Crippen MR) is 144 cm³/mol. The molecule has 0 saturated carbocycles. The summed E-state index contributed by atoms with van der Waals surface area (Å²) in [6.07, 6.45) is 0.0559. The summed E-state index contributed by atoms with van der Waals surface area (Å²) in [5.74, 6) is -1.53. The molecule has 0 fully saturated rings. The number of carboxylic acid groups (broad SMARTS) is 1. The molecule has 1 amide bonds. The molecular weight excluding hydrogens is 460 g/mol. The zero-order chi connectivity index (χ0) is 25.7. The van der Waals surface area contributed by atoms with Crippen LogP contribution in [0.15, 0.2) is 127 Å². The monoisotopic (exact) mass is 486 g/mol. The average molecular weight is 487 g/mol. The number of benzene rings is 4. The fourth-order valence-corrected chi connectivity index (χ4v) is 4.86. The van der Waals surface area contributed by atoms with Crippen molar-refractivity contribution < 1.29 is 14.7 Å². The van der Waals surface area contributed by atoms with Crippen LogP contribution in [0.3, 0.4) is 0 Å². The van der Waals surface area contributed by atoms with Gasteiger partial charge in [-0.1, -0.05) is 115 Å². The molecule has 182 valence electrons. The van der Waals surface area contributed by atoms with Crippen LogP contribution in [0.5, 0.6) is 0 Å². The maximum Gasteiger partial charge on any atom is 0.326 e. The van der Waals surface area contributed by atoms with E-state index in [0.29, 0.717) is 5.69 Å². The molecule has 0 aliphatic rings. The molecule has 1 heterocycles. The van der Waals surface area contributed by atoms with Crippen LogP contribution in [0.2, 0.25) is 0 Å². The highest BCUT2D eigenvalue weighted by molar-refractivity contribution is 5.98. The summed E-state index contributed by atoms with van der Waals surface area (Å²) in [6.45, 7) is 0.